The molecule has 0 bridgehead atoms. The number of carbonyl (C=O) groups is 1. The molecule has 0 amide bonds. The van der Waals surface area contributed by atoms with Crippen LogP contribution in [0, 0.1) is 6.92 Å². The molecule has 0 saturated carbocycles. The lowest BCUT2D eigenvalue weighted by molar-refractivity contribution is -0.143. The summed E-state index contributed by atoms with van der Waals surface area (Å²) in [7, 11) is 0. The molecular weight excluding hydrogens is 358 g/mol. The second-order valence-corrected chi connectivity index (χ2v) is 7.13. The van der Waals surface area contributed by atoms with Crippen molar-refractivity contribution in [3.05, 3.63) is 23.7 Å². The lowest BCUT2D eigenvalue weighted by Crippen LogP contribution is -2.39. The molecule has 0 radical (unpaired) electrons. The molecule has 1 rings (SSSR count). The number of hydrogen-bond donors (Lipinski definition) is 3. The molecule has 1 unspecified atom stereocenters. The van der Waals surface area contributed by atoms with Crippen molar-refractivity contribution < 1.29 is 19.1 Å². The Labute approximate surface area is 168 Å². The summed E-state index contributed by atoms with van der Waals surface area (Å²) in [6.45, 7) is 9.62. The minimum Gasteiger partial charge on any atom is -0.466 e. The van der Waals surface area contributed by atoms with Crippen molar-refractivity contribution in [3.8, 4) is 0 Å². The van der Waals surface area contributed by atoms with Crippen LogP contribution in [0.3, 0.4) is 0 Å². The molecule has 0 fully saturated rings. The van der Waals surface area contributed by atoms with Crippen molar-refractivity contribution in [1.82, 2.24) is 10.6 Å². The molecule has 28 heavy (non-hydrogen) atoms. The fourth-order valence-electron chi connectivity index (χ4n) is 2.74. The van der Waals surface area contributed by atoms with Gasteiger partial charge in [0.15, 0.2) is 5.96 Å². The van der Waals surface area contributed by atoms with E-state index in [9.17, 15) is 9.90 Å². The van der Waals surface area contributed by atoms with E-state index in [1.54, 1.807) is 13.0 Å². The van der Waals surface area contributed by atoms with Crippen molar-refractivity contribution >= 4 is 11.9 Å². The maximum atomic E-state index is 11.3. The van der Waals surface area contributed by atoms with Crippen molar-refractivity contribution in [1.29, 1.82) is 0 Å². The van der Waals surface area contributed by atoms with Crippen LogP contribution >= 0.6 is 0 Å². The van der Waals surface area contributed by atoms with Gasteiger partial charge in [-0.3, -0.25) is 4.79 Å². The van der Waals surface area contributed by atoms with E-state index in [1.165, 1.54) is 0 Å². The number of esters is 1. The molecule has 0 aliphatic rings. The first kappa shape index (κ1) is 24.0. The molecular formula is C21H37N3O4. The number of aliphatic hydroxyl groups is 1. The number of nitrogens with one attached hydrogen (secondary N) is 2. The first-order chi connectivity index (χ1) is 13.4. The van der Waals surface area contributed by atoms with Gasteiger partial charge in [-0.1, -0.05) is 19.3 Å². The van der Waals surface area contributed by atoms with Crippen molar-refractivity contribution in [2.75, 3.05) is 26.2 Å². The van der Waals surface area contributed by atoms with Crippen molar-refractivity contribution in [2.45, 2.75) is 71.8 Å². The lowest BCUT2D eigenvalue weighted by atomic mass is 10.0. The molecule has 0 aliphatic carbocycles. The molecule has 1 aromatic heterocycles. The predicted molar refractivity (Wildman–Crippen MR) is 111 cm³/mol. The first-order valence-electron chi connectivity index (χ1n) is 10.4. The van der Waals surface area contributed by atoms with Crippen LogP contribution in [-0.4, -0.2) is 43.3 Å². The molecule has 1 heterocycles. The number of aliphatic imine (C=N–C) groups is 1. The first-order valence-corrected chi connectivity index (χ1v) is 10.4. The highest BCUT2D eigenvalue weighted by Crippen LogP contribution is 2.23. The van der Waals surface area contributed by atoms with Gasteiger partial charge in [-0.15, -0.1) is 0 Å². The third kappa shape index (κ3) is 9.78. The number of hydrogen-bond acceptors (Lipinski definition) is 5. The third-order valence-corrected chi connectivity index (χ3v) is 4.32. The number of guanidine groups is 1. The minimum atomic E-state index is -1.14. The van der Waals surface area contributed by atoms with E-state index < -0.39 is 5.60 Å². The van der Waals surface area contributed by atoms with Gasteiger partial charge in [0.25, 0.3) is 0 Å². The van der Waals surface area contributed by atoms with E-state index in [0.29, 0.717) is 24.7 Å². The monoisotopic (exact) mass is 395 g/mol. The Hall–Kier alpha value is -2.02. The molecule has 1 aromatic rings. The number of nitrogens with zero attached hydrogens (tertiary/aromatic N) is 1. The second kappa shape index (κ2) is 13.2. The number of carbonyl (C=O) groups excluding carboxylic acids is 1. The summed E-state index contributed by atoms with van der Waals surface area (Å²) >= 11 is 0. The number of aryl methyl sites for hydroxylation is 1. The number of rotatable bonds is 13. The van der Waals surface area contributed by atoms with Crippen LogP contribution in [0.25, 0.3) is 0 Å². The third-order valence-electron chi connectivity index (χ3n) is 4.32. The molecule has 3 N–H and O–H groups in total. The van der Waals surface area contributed by atoms with Gasteiger partial charge in [0, 0.05) is 19.5 Å². The summed E-state index contributed by atoms with van der Waals surface area (Å²) in [5.41, 5.74) is -1.14. The van der Waals surface area contributed by atoms with Crippen LogP contribution in [0.5, 0.6) is 0 Å². The van der Waals surface area contributed by atoms with Crippen LogP contribution in [0.4, 0.5) is 0 Å². The van der Waals surface area contributed by atoms with Gasteiger partial charge in [0.1, 0.15) is 17.1 Å². The van der Waals surface area contributed by atoms with Crippen LogP contribution < -0.4 is 10.6 Å². The lowest BCUT2D eigenvalue weighted by Gasteiger charge is -2.19. The molecule has 1 atom stereocenters. The molecule has 0 aliphatic heterocycles. The maximum Gasteiger partial charge on any atom is 0.305 e. The van der Waals surface area contributed by atoms with Gasteiger partial charge in [0.05, 0.1) is 13.2 Å². The average Bonchev–Trinajstić information content (AvgIpc) is 3.09. The quantitative estimate of drug-likeness (QED) is 0.205. The van der Waals surface area contributed by atoms with E-state index in [-0.39, 0.29) is 12.5 Å². The van der Waals surface area contributed by atoms with E-state index in [2.05, 4.69) is 15.6 Å². The van der Waals surface area contributed by atoms with E-state index in [4.69, 9.17) is 9.15 Å². The van der Waals surface area contributed by atoms with Crippen LogP contribution in [0.2, 0.25) is 0 Å². The van der Waals surface area contributed by atoms with Gasteiger partial charge in [-0.05, 0) is 52.7 Å². The minimum absolute atomic E-state index is 0.101. The standard InChI is InChI=1S/C21H37N3O4/c1-5-22-20(24-16-21(4,26)18-14-13-17(3)28-18)23-15-11-9-7-8-10-12-19(25)27-6-2/h13-14,26H,5-12,15-16H2,1-4H3,(H2,22,23,24). The van der Waals surface area contributed by atoms with Crippen LogP contribution in [-0.2, 0) is 15.1 Å². The Morgan fingerprint density at radius 3 is 2.54 bits per heavy atom. The summed E-state index contributed by atoms with van der Waals surface area (Å²) in [5.74, 6) is 1.88. The summed E-state index contributed by atoms with van der Waals surface area (Å²) < 4.78 is 10.4. The zero-order valence-corrected chi connectivity index (χ0v) is 17.8. The van der Waals surface area contributed by atoms with E-state index in [0.717, 1.165) is 51.0 Å². The Balaban J connectivity index is 2.27. The number of furan rings is 1. The number of unbranched alkanes of at least 4 members (excludes halogenated alkanes) is 4. The highest BCUT2D eigenvalue weighted by molar-refractivity contribution is 5.79. The Kier molecular flexibility index (Phi) is 11.3. The van der Waals surface area contributed by atoms with Crippen LogP contribution in [0.15, 0.2) is 21.5 Å². The second-order valence-electron chi connectivity index (χ2n) is 7.13. The fraction of sp³-hybridized carbons (Fsp3) is 0.714. The van der Waals surface area contributed by atoms with Gasteiger partial charge in [0.2, 0.25) is 0 Å². The fourth-order valence-corrected chi connectivity index (χ4v) is 2.74. The smallest absolute Gasteiger partial charge is 0.305 e. The van der Waals surface area contributed by atoms with Crippen molar-refractivity contribution in [3.63, 3.8) is 0 Å². The molecule has 160 valence electrons. The highest BCUT2D eigenvalue weighted by Gasteiger charge is 2.26. The largest absolute Gasteiger partial charge is 0.466 e. The molecule has 0 spiro atoms. The highest BCUT2D eigenvalue weighted by atomic mass is 16.5. The molecule has 7 nitrogen and oxygen atoms in total. The SMILES string of the molecule is CCNC(=NCC(C)(O)c1ccc(C)o1)NCCCCCCCC(=O)OCC. The van der Waals surface area contributed by atoms with Gasteiger partial charge in [-0.25, -0.2) is 4.99 Å². The average molecular weight is 396 g/mol. The summed E-state index contributed by atoms with van der Waals surface area (Å²) in [5, 5.41) is 17.1. The molecule has 7 heteroatoms. The Morgan fingerprint density at radius 1 is 1.18 bits per heavy atom. The summed E-state index contributed by atoms with van der Waals surface area (Å²) in [6.07, 6.45) is 5.66. The zero-order chi connectivity index (χ0) is 20.8. The normalized spacial score (nSPS) is 13.8. The number of ether oxygens (including phenoxy) is 1. The molecule has 0 aromatic carbocycles. The maximum absolute atomic E-state index is 11.3. The van der Waals surface area contributed by atoms with Gasteiger partial charge >= 0.3 is 5.97 Å². The van der Waals surface area contributed by atoms with Crippen molar-refractivity contribution in [2.24, 2.45) is 4.99 Å². The predicted octanol–water partition coefficient (Wildman–Crippen LogP) is 3.25. The van der Waals surface area contributed by atoms with Gasteiger partial charge < -0.3 is 24.9 Å². The van der Waals surface area contributed by atoms with E-state index in [1.807, 2.05) is 26.8 Å². The summed E-state index contributed by atoms with van der Waals surface area (Å²) in [4.78, 5) is 15.8. The Bertz CT molecular complexity index is 596. The topological polar surface area (TPSA) is 96.1 Å². The van der Waals surface area contributed by atoms with Crippen LogP contribution in [0.1, 0.15) is 70.8 Å². The molecule has 0 saturated heterocycles. The van der Waals surface area contributed by atoms with E-state index >= 15 is 0 Å². The summed E-state index contributed by atoms with van der Waals surface area (Å²) in [6, 6.07) is 3.62. The zero-order valence-electron chi connectivity index (χ0n) is 17.8. The van der Waals surface area contributed by atoms with Gasteiger partial charge in [-0.2, -0.15) is 0 Å². The Morgan fingerprint density at radius 2 is 1.89 bits per heavy atom.